The summed E-state index contributed by atoms with van der Waals surface area (Å²) in [5.41, 5.74) is 15.8. The summed E-state index contributed by atoms with van der Waals surface area (Å²) < 4.78 is 0. The second-order valence-electron chi connectivity index (χ2n) is 11.4. The van der Waals surface area contributed by atoms with Gasteiger partial charge in [0.05, 0.1) is 6.61 Å². The minimum atomic E-state index is -1.56. The number of hydrogen-bond donors (Lipinski definition) is 15. The molecule has 0 aromatic carbocycles. The normalized spacial score (nSPS) is 14.0. The maximum Gasteiger partial charge on any atom is 0.325 e. The van der Waals surface area contributed by atoms with Gasteiger partial charge in [0.2, 0.25) is 41.4 Å². The third-order valence-electron chi connectivity index (χ3n) is 6.91. The van der Waals surface area contributed by atoms with E-state index < -0.39 is 90.2 Å². The highest BCUT2D eigenvalue weighted by Gasteiger charge is 2.31. The molecule has 0 bridgehead atoms. The van der Waals surface area contributed by atoms with Crippen LogP contribution in [0.4, 0.5) is 0 Å². The van der Waals surface area contributed by atoms with Gasteiger partial charge >= 0.3 is 5.97 Å². The second kappa shape index (κ2) is 23.6. The molecular weight excluding hydrogens is 678 g/mol. The Bertz CT molecular complexity index is 1280. The van der Waals surface area contributed by atoms with Crippen LogP contribution in [0.1, 0.15) is 59.3 Å². The molecule has 6 atom stereocenters. The van der Waals surface area contributed by atoms with E-state index in [0.29, 0.717) is 0 Å². The number of aliphatic hydroxyl groups is 1. The lowest BCUT2D eigenvalue weighted by atomic mass is 10.0. The average Bonchev–Trinajstić information content (AvgIpc) is 3.03. The zero-order valence-corrected chi connectivity index (χ0v) is 28.7. The van der Waals surface area contributed by atoms with Crippen LogP contribution >= 0.6 is 0 Å². The molecule has 0 aromatic heterocycles. The van der Waals surface area contributed by atoms with Crippen molar-refractivity contribution in [2.24, 2.45) is 17.2 Å². The maximum atomic E-state index is 13.5. The predicted octanol–water partition coefficient (Wildman–Crippen LogP) is -6.18. The van der Waals surface area contributed by atoms with Crippen molar-refractivity contribution in [3.63, 3.8) is 0 Å². The third-order valence-corrected chi connectivity index (χ3v) is 6.91. The summed E-state index contributed by atoms with van der Waals surface area (Å²) in [5.74, 6) is -7.93. The predicted molar refractivity (Wildman–Crippen MR) is 180 cm³/mol. The lowest BCUT2D eigenvalue weighted by Gasteiger charge is -2.26. The molecule has 18 N–H and O–H groups in total. The van der Waals surface area contributed by atoms with E-state index in [0.717, 1.165) is 0 Å². The molecule has 0 rings (SSSR count). The molecule has 0 spiro atoms. The number of hydrogen-bond acceptors (Lipinski definition) is 11. The summed E-state index contributed by atoms with van der Waals surface area (Å²) in [5, 5.41) is 52.2. The molecule has 0 unspecified atom stereocenters. The molecule has 0 saturated carbocycles. The minimum Gasteiger partial charge on any atom is -0.480 e. The first kappa shape index (κ1) is 45.3. The Morgan fingerprint density at radius 1 is 0.588 bits per heavy atom. The van der Waals surface area contributed by atoms with Crippen LogP contribution in [0.5, 0.6) is 0 Å². The number of aliphatic hydroxyl groups excluding tert-OH is 1. The Labute approximate surface area is 293 Å². The van der Waals surface area contributed by atoms with Crippen molar-refractivity contribution < 1.29 is 48.6 Å². The van der Waals surface area contributed by atoms with E-state index >= 15 is 0 Å². The lowest BCUT2D eigenvalue weighted by Crippen LogP contribution is -2.59. The molecule has 0 radical (unpaired) electrons. The number of rotatable bonds is 24. The van der Waals surface area contributed by atoms with E-state index in [1.807, 2.05) is 0 Å². The summed E-state index contributed by atoms with van der Waals surface area (Å²) >= 11 is 0. The number of nitrogens with one attached hydrogen (secondary N) is 10. The number of nitrogens with two attached hydrogens (primary N) is 3. The van der Waals surface area contributed by atoms with Crippen molar-refractivity contribution in [1.29, 1.82) is 10.8 Å². The van der Waals surface area contributed by atoms with Gasteiger partial charge in [0.1, 0.15) is 36.3 Å². The molecule has 0 saturated heterocycles. The topological polar surface area (TPSA) is 399 Å². The zero-order valence-electron chi connectivity index (χ0n) is 28.7. The van der Waals surface area contributed by atoms with Crippen LogP contribution in [0.2, 0.25) is 0 Å². The molecule has 0 heterocycles. The first-order chi connectivity index (χ1) is 23.8. The highest BCUT2D eigenvalue weighted by molar-refractivity contribution is 5.96. The number of carboxylic acid groups (broad SMARTS) is 1. The third kappa shape index (κ3) is 19.8. The van der Waals surface area contributed by atoms with Gasteiger partial charge < -0.3 is 69.9 Å². The smallest absolute Gasteiger partial charge is 0.325 e. The monoisotopic (exact) mass is 729 g/mol. The van der Waals surface area contributed by atoms with E-state index in [-0.39, 0.29) is 63.5 Å². The van der Waals surface area contributed by atoms with Crippen molar-refractivity contribution in [2.75, 3.05) is 19.7 Å². The molecule has 23 nitrogen and oxygen atoms in total. The first-order valence-corrected chi connectivity index (χ1v) is 15.9. The fourth-order valence-corrected chi connectivity index (χ4v) is 4.19. The number of guanidine groups is 2. The Hall–Kier alpha value is -5.74. The highest BCUT2D eigenvalue weighted by Crippen LogP contribution is 2.06. The largest absolute Gasteiger partial charge is 0.480 e. The molecular formula is C28H51N13O10. The second-order valence-corrected chi connectivity index (χ2v) is 11.4. The maximum absolute atomic E-state index is 13.5. The Balaban J connectivity index is 5.96. The molecule has 23 heteroatoms. The van der Waals surface area contributed by atoms with Gasteiger partial charge in [0.25, 0.3) is 0 Å². The number of aliphatic carboxylic acids is 1. The van der Waals surface area contributed by atoms with E-state index in [9.17, 15) is 43.5 Å². The van der Waals surface area contributed by atoms with Crippen molar-refractivity contribution in [3.8, 4) is 0 Å². The van der Waals surface area contributed by atoms with Gasteiger partial charge in [-0.3, -0.25) is 49.2 Å². The minimum absolute atomic E-state index is 0.0708. The van der Waals surface area contributed by atoms with Gasteiger partial charge in [-0.25, -0.2) is 0 Å². The van der Waals surface area contributed by atoms with Crippen LogP contribution in [0.25, 0.3) is 0 Å². The molecule has 0 fully saturated rings. The van der Waals surface area contributed by atoms with Gasteiger partial charge in [-0.2, -0.15) is 0 Å². The van der Waals surface area contributed by atoms with Crippen LogP contribution in [0.3, 0.4) is 0 Å². The SMILES string of the molecule is CC(=O)N[C@@H](CCCNC(=N)N)C(=O)N[C@@H](CCC(N)=O)C(=O)N[C@@H](CCCNC(=N)N)C(=O)N[C@@H](C)C(=O)N[C@@H](CO)C(=O)N[C@@H](C)C(=O)O. The van der Waals surface area contributed by atoms with Gasteiger partial charge in [-0.1, -0.05) is 0 Å². The zero-order chi connectivity index (χ0) is 39.3. The summed E-state index contributed by atoms with van der Waals surface area (Å²) in [6, 6.07) is -8.18. The van der Waals surface area contributed by atoms with Crippen LogP contribution in [0.15, 0.2) is 0 Å². The number of carbonyl (C=O) groups excluding carboxylic acids is 7. The summed E-state index contributed by atoms with van der Waals surface area (Å²) in [7, 11) is 0. The van der Waals surface area contributed by atoms with Crippen LogP contribution in [0, 0.1) is 10.8 Å². The number of amides is 7. The van der Waals surface area contributed by atoms with Gasteiger partial charge in [0.15, 0.2) is 11.9 Å². The molecule has 0 aromatic rings. The van der Waals surface area contributed by atoms with Crippen molar-refractivity contribution in [3.05, 3.63) is 0 Å². The standard InChI is InChI=1S/C28H51N13O10/c1-13(21(45)41-19(12-42)25(49)37-14(2)26(50)51)36-22(46)17(7-5-11-35-28(32)33)39-24(48)18(8-9-20(29)44)40-23(47)16(38-15(3)43)6-4-10-34-27(30)31/h13-14,16-19,42H,4-12H2,1-3H3,(H2,29,44)(H,36,46)(H,37,49)(H,38,43)(H,39,48)(H,40,47)(H,41,45)(H,50,51)(H4,30,31,34)(H4,32,33,35)/t13-,14-,16-,17-,18-,19-/m0/s1. The fraction of sp³-hybridized carbons (Fsp3) is 0.643. The van der Waals surface area contributed by atoms with Gasteiger partial charge in [-0.05, 0) is 46.0 Å². The van der Waals surface area contributed by atoms with Crippen molar-refractivity contribution in [1.82, 2.24) is 42.5 Å². The molecule has 51 heavy (non-hydrogen) atoms. The number of primary amides is 1. The molecule has 0 aliphatic heterocycles. The quantitative estimate of drug-likeness (QED) is 0.0250. The summed E-state index contributed by atoms with van der Waals surface area (Å²) in [4.78, 5) is 99.5. The molecule has 288 valence electrons. The molecule has 7 amide bonds. The molecule has 0 aliphatic carbocycles. The number of carboxylic acids is 1. The van der Waals surface area contributed by atoms with Crippen LogP contribution < -0.4 is 59.7 Å². The van der Waals surface area contributed by atoms with E-state index in [1.54, 1.807) is 0 Å². The highest BCUT2D eigenvalue weighted by atomic mass is 16.4. The molecule has 0 aliphatic rings. The fourth-order valence-electron chi connectivity index (χ4n) is 4.19. The lowest BCUT2D eigenvalue weighted by molar-refractivity contribution is -0.142. The first-order valence-electron chi connectivity index (χ1n) is 15.9. The Morgan fingerprint density at radius 2 is 0.980 bits per heavy atom. The summed E-state index contributed by atoms with van der Waals surface area (Å²) in [6.07, 6.45) is -0.229. The van der Waals surface area contributed by atoms with Crippen molar-refractivity contribution in [2.45, 2.75) is 95.5 Å². The van der Waals surface area contributed by atoms with Crippen LogP contribution in [-0.2, 0) is 38.4 Å². The average molecular weight is 730 g/mol. The number of carbonyl (C=O) groups is 8. The summed E-state index contributed by atoms with van der Waals surface area (Å²) in [6.45, 7) is 2.99. The van der Waals surface area contributed by atoms with Crippen LogP contribution in [-0.4, -0.2) is 125 Å². The van der Waals surface area contributed by atoms with Gasteiger partial charge in [0, 0.05) is 26.4 Å². The van der Waals surface area contributed by atoms with E-state index in [1.165, 1.54) is 20.8 Å². The Morgan fingerprint density at radius 3 is 1.39 bits per heavy atom. The van der Waals surface area contributed by atoms with E-state index in [2.05, 4.69) is 42.5 Å². The van der Waals surface area contributed by atoms with Crippen molar-refractivity contribution >= 4 is 59.2 Å². The van der Waals surface area contributed by atoms with E-state index in [4.69, 9.17) is 33.1 Å². The Kier molecular flexibility index (Phi) is 20.9. The van der Waals surface area contributed by atoms with Gasteiger partial charge in [-0.15, -0.1) is 0 Å².